The van der Waals surface area contributed by atoms with E-state index in [1.54, 1.807) is 19.5 Å². The fourth-order valence-electron chi connectivity index (χ4n) is 3.64. The van der Waals surface area contributed by atoms with Crippen LogP contribution in [-0.4, -0.2) is 54.9 Å². The van der Waals surface area contributed by atoms with E-state index in [9.17, 15) is 4.79 Å². The predicted molar refractivity (Wildman–Crippen MR) is 130 cm³/mol. The number of carbonyl (C=O) groups excluding carboxylic acids is 1. The first-order chi connectivity index (χ1) is 15.6. The molecule has 1 aliphatic heterocycles. The molecule has 166 valence electrons. The molecule has 0 aliphatic carbocycles. The van der Waals surface area contributed by atoms with Crippen LogP contribution in [0.2, 0.25) is 0 Å². The summed E-state index contributed by atoms with van der Waals surface area (Å²) in [5, 5.41) is 3.76. The molecule has 0 radical (unpaired) electrons. The Kier molecular flexibility index (Phi) is 7.11. The Morgan fingerprint density at radius 1 is 1.00 bits per heavy atom. The first-order valence-electron chi connectivity index (χ1n) is 10.6. The summed E-state index contributed by atoms with van der Waals surface area (Å²) in [4.78, 5) is 26.1. The van der Waals surface area contributed by atoms with Gasteiger partial charge in [-0.05, 0) is 42.8 Å². The van der Waals surface area contributed by atoms with Crippen molar-refractivity contribution in [1.82, 2.24) is 9.97 Å². The van der Waals surface area contributed by atoms with Crippen molar-refractivity contribution in [3.63, 3.8) is 0 Å². The van der Waals surface area contributed by atoms with Crippen LogP contribution < -0.4 is 19.9 Å². The highest BCUT2D eigenvalue weighted by atomic mass is 32.2. The molecule has 32 heavy (non-hydrogen) atoms. The van der Waals surface area contributed by atoms with E-state index in [-0.39, 0.29) is 11.7 Å². The number of piperazine rings is 1. The summed E-state index contributed by atoms with van der Waals surface area (Å²) in [6, 6.07) is 15.9. The van der Waals surface area contributed by atoms with E-state index in [1.807, 2.05) is 43.3 Å². The third-order valence-corrected chi connectivity index (χ3v) is 6.39. The number of aryl methyl sites for hydroxylation is 1. The van der Waals surface area contributed by atoms with Crippen molar-refractivity contribution in [1.29, 1.82) is 0 Å². The Balaban J connectivity index is 1.35. The zero-order chi connectivity index (χ0) is 22.3. The lowest BCUT2D eigenvalue weighted by molar-refractivity contribution is -0.113. The van der Waals surface area contributed by atoms with Gasteiger partial charge in [-0.1, -0.05) is 30.0 Å². The van der Waals surface area contributed by atoms with Crippen molar-refractivity contribution in [2.45, 2.75) is 11.9 Å². The van der Waals surface area contributed by atoms with Crippen molar-refractivity contribution in [3.8, 4) is 5.75 Å². The van der Waals surface area contributed by atoms with Crippen LogP contribution in [0.3, 0.4) is 0 Å². The quantitative estimate of drug-likeness (QED) is 0.550. The third-order valence-electron chi connectivity index (χ3n) is 5.42. The Morgan fingerprint density at radius 3 is 2.41 bits per heavy atom. The van der Waals surface area contributed by atoms with Gasteiger partial charge in [-0.25, -0.2) is 9.97 Å². The molecule has 1 aromatic heterocycles. The maximum absolute atomic E-state index is 12.5. The lowest BCUT2D eigenvalue weighted by Crippen LogP contribution is -2.47. The number of para-hydroxylation sites is 1. The van der Waals surface area contributed by atoms with Gasteiger partial charge in [0.15, 0.2) is 5.82 Å². The highest BCUT2D eigenvalue weighted by molar-refractivity contribution is 8.00. The Morgan fingerprint density at radius 2 is 1.69 bits per heavy atom. The average Bonchev–Trinajstić information content (AvgIpc) is 2.84. The van der Waals surface area contributed by atoms with E-state index in [0.717, 1.165) is 54.0 Å². The van der Waals surface area contributed by atoms with Gasteiger partial charge < -0.3 is 19.9 Å². The molecule has 7 nitrogen and oxygen atoms in total. The minimum atomic E-state index is -0.0507. The summed E-state index contributed by atoms with van der Waals surface area (Å²) in [5.41, 5.74) is 3.07. The Hall–Kier alpha value is -3.26. The molecule has 1 aliphatic rings. The minimum absolute atomic E-state index is 0.0507. The van der Waals surface area contributed by atoms with Crippen LogP contribution in [0.15, 0.2) is 66.0 Å². The van der Waals surface area contributed by atoms with Crippen LogP contribution in [0.4, 0.5) is 17.2 Å². The standard InChI is InChI=1S/C24H27N5O2S/c1-18-5-3-4-6-21(18)27-22(30)17-32-24-23(25-11-12-26-24)29-15-13-28(14-16-29)19-7-9-20(31-2)10-8-19/h3-12H,13-17H2,1-2H3,(H,27,30). The summed E-state index contributed by atoms with van der Waals surface area (Å²) in [6.45, 7) is 5.44. The molecule has 2 aromatic carbocycles. The number of ether oxygens (including phenoxy) is 1. The molecule has 0 spiro atoms. The Labute approximate surface area is 192 Å². The molecule has 1 N–H and O–H groups in total. The van der Waals surface area contributed by atoms with E-state index in [1.165, 1.54) is 17.4 Å². The molecule has 0 saturated carbocycles. The second-order valence-electron chi connectivity index (χ2n) is 7.51. The summed E-state index contributed by atoms with van der Waals surface area (Å²) in [5.74, 6) is 1.94. The molecular weight excluding hydrogens is 422 g/mol. The second-order valence-corrected chi connectivity index (χ2v) is 8.47. The van der Waals surface area contributed by atoms with Gasteiger partial charge in [-0.3, -0.25) is 4.79 Å². The van der Waals surface area contributed by atoms with Gasteiger partial charge in [0.1, 0.15) is 10.8 Å². The van der Waals surface area contributed by atoms with Crippen LogP contribution in [0, 0.1) is 6.92 Å². The summed E-state index contributed by atoms with van der Waals surface area (Å²) in [7, 11) is 1.68. The van der Waals surface area contributed by atoms with E-state index < -0.39 is 0 Å². The monoisotopic (exact) mass is 449 g/mol. The minimum Gasteiger partial charge on any atom is -0.497 e. The lowest BCUT2D eigenvalue weighted by Gasteiger charge is -2.37. The fourth-order valence-corrected chi connectivity index (χ4v) is 4.43. The largest absolute Gasteiger partial charge is 0.497 e. The molecule has 0 atom stereocenters. The van der Waals surface area contributed by atoms with Gasteiger partial charge in [0.2, 0.25) is 5.91 Å². The number of carbonyl (C=O) groups is 1. The van der Waals surface area contributed by atoms with Gasteiger partial charge in [0, 0.05) is 49.9 Å². The number of anilines is 3. The highest BCUT2D eigenvalue weighted by Crippen LogP contribution is 2.28. The zero-order valence-corrected chi connectivity index (χ0v) is 19.1. The zero-order valence-electron chi connectivity index (χ0n) is 18.3. The van der Waals surface area contributed by atoms with Crippen LogP contribution >= 0.6 is 11.8 Å². The number of aromatic nitrogens is 2. The molecule has 1 saturated heterocycles. The van der Waals surface area contributed by atoms with Crippen molar-refractivity contribution in [2.75, 3.05) is 54.2 Å². The van der Waals surface area contributed by atoms with Crippen molar-refractivity contribution in [3.05, 3.63) is 66.5 Å². The van der Waals surface area contributed by atoms with Crippen LogP contribution in [0.5, 0.6) is 5.75 Å². The van der Waals surface area contributed by atoms with E-state index >= 15 is 0 Å². The number of nitrogens with zero attached hydrogens (tertiary/aromatic N) is 4. The number of methoxy groups -OCH3 is 1. The average molecular weight is 450 g/mol. The topological polar surface area (TPSA) is 70.6 Å². The van der Waals surface area contributed by atoms with Crippen molar-refractivity contribution >= 4 is 34.9 Å². The first-order valence-corrected chi connectivity index (χ1v) is 11.6. The van der Waals surface area contributed by atoms with Gasteiger partial charge in [-0.2, -0.15) is 0 Å². The number of benzene rings is 2. The number of amides is 1. The summed E-state index contributed by atoms with van der Waals surface area (Å²) >= 11 is 1.42. The number of nitrogens with one attached hydrogen (secondary N) is 1. The molecule has 1 fully saturated rings. The first kappa shape index (κ1) is 22.0. The highest BCUT2D eigenvalue weighted by Gasteiger charge is 2.22. The molecule has 1 amide bonds. The number of rotatable bonds is 7. The number of hydrogen-bond acceptors (Lipinski definition) is 7. The third kappa shape index (κ3) is 5.31. The van der Waals surface area contributed by atoms with Crippen LogP contribution in [0.25, 0.3) is 0 Å². The van der Waals surface area contributed by atoms with Gasteiger partial charge in [-0.15, -0.1) is 0 Å². The second kappa shape index (κ2) is 10.4. The summed E-state index contributed by atoms with van der Waals surface area (Å²) < 4.78 is 5.25. The maximum atomic E-state index is 12.5. The number of hydrogen-bond donors (Lipinski definition) is 1. The molecule has 8 heteroatoms. The molecule has 3 aromatic rings. The normalized spacial score (nSPS) is 13.7. The molecule has 0 bridgehead atoms. The smallest absolute Gasteiger partial charge is 0.234 e. The van der Waals surface area contributed by atoms with Crippen LogP contribution in [-0.2, 0) is 4.79 Å². The molecule has 4 rings (SSSR count). The fraction of sp³-hybridized carbons (Fsp3) is 0.292. The van der Waals surface area contributed by atoms with Crippen molar-refractivity contribution in [2.24, 2.45) is 0 Å². The maximum Gasteiger partial charge on any atom is 0.234 e. The van der Waals surface area contributed by atoms with Gasteiger partial charge in [0.25, 0.3) is 0 Å². The van der Waals surface area contributed by atoms with E-state index in [4.69, 9.17) is 4.74 Å². The lowest BCUT2D eigenvalue weighted by atomic mass is 10.2. The predicted octanol–water partition coefficient (Wildman–Crippen LogP) is 3.85. The Bertz CT molecular complexity index is 1050. The van der Waals surface area contributed by atoms with Gasteiger partial charge in [0.05, 0.1) is 12.9 Å². The molecule has 0 unspecified atom stereocenters. The van der Waals surface area contributed by atoms with Crippen molar-refractivity contribution < 1.29 is 9.53 Å². The van der Waals surface area contributed by atoms with E-state index in [0.29, 0.717) is 0 Å². The number of thioether (sulfide) groups is 1. The van der Waals surface area contributed by atoms with Crippen LogP contribution in [0.1, 0.15) is 5.56 Å². The molecule has 2 heterocycles. The molecular formula is C24H27N5O2S. The van der Waals surface area contributed by atoms with E-state index in [2.05, 4.69) is 37.2 Å². The SMILES string of the molecule is COc1ccc(N2CCN(c3nccnc3SCC(=O)Nc3ccccc3C)CC2)cc1. The van der Waals surface area contributed by atoms with Gasteiger partial charge >= 0.3 is 0 Å². The summed E-state index contributed by atoms with van der Waals surface area (Å²) in [6.07, 6.45) is 3.39.